The molecule has 2 heteroatoms. The van der Waals surface area contributed by atoms with Gasteiger partial charge in [0, 0.05) is 17.0 Å². The van der Waals surface area contributed by atoms with Gasteiger partial charge in [-0.05, 0) is 49.3 Å². The molecule has 0 saturated heterocycles. The molecule has 0 atom stereocenters. The average Bonchev–Trinajstić information content (AvgIpc) is 2.39. The van der Waals surface area contributed by atoms with Crippen molar-refractivity contribution in [2.45, 2.75) is 44.4 Å². The molecular weight excluding hydrogens is 230 g/mol. The van der Waals surface area contributed by atoms with Crippen molar-refractivity contribution in [3.05, 3.63) is 34.9 Å². The van der Waals surface area contributed by atoms with Crippen LogP contribution in [0.2, 0.25) is 5.02 Å². The molecule has 0 spiro atoms. The van der Waals surface area contributed by atoms with Crippen LogP contribution in [-0.4, -0.2) is 6.54 Å². The van der Waals surface area contributed by atoms with Gasteiger partial charge in [0.1, 0.15) is 0 Å². The third-order valence-corrected chi connectivity index (χ3v) is 4.70. The van der Waals surface area contributed by atoms with Crippen molar-refractivity contribution in [1.82, 2.24) is 0 Å². The minimum atomic E-state index is 0.177. The van der Waals surface area contributed by atoms with Gasteiger partial charge >= 0.3 is 0 Å². The first-order valence-electron chi connectivity index (χ1n) is 6.66. The second-order valence-electron chi connectivity index (χ2n) is 5.35. The molecule has 2 rings (SSSR count). The Balaban J connectivity index is 2.21. The molecule has 1 aliphatic carbocycles. The van der Waals surface area contributed by atoms with Crippen molar-refractivity contribution in [3.63, 3.8) is 0 Å². The van der Waals surface area contributed by atoms with Crippen LogP contribution in [0.5, 0.6) is 0 Å². The molecule has 1 saturated carbocycles. The van der Waals surface area contributed by atoms with E-state index in [0.717, 1.165) is 17.5 Å². The molecule has 94 valence electrons. The maximum absolute atomic E-state index is 6.10. The smallest absolute Gasteiger partial charge is 0.0408 e. The first-order chi connectivity index (χ1) is 8.20. The number of halogens is 1. The van der Waals surface area contributed by atoms with Crippen LogP contribution in [0.1, 0.15) is 44.6 Å². The fourth-order valence-electron chi connectivity index (χ4n) is 3.07. The molecule has 1 aromatic carbocycles. The lowest BCUT2D eigenvalue weighted by atomic mass is 9.66. The number of rotatable bonds is 3. The van der Waals surface area contributed by atoms with E-state index in [1.54, 1.807) is 0 Å². The van der Waals surface area contributed by atoms with Crippen LogP contribution in [0.4, 0.5) is 0 Å². The molecule has 0 bridgehead atoms. The summed E-state index contributed by atoms with van der Waals surface area (Å²) in [4.78, 5) is 0. The summed E-state index contributed by atoms with van der Waals surface area (Å²) < 4.78 is 0. The van der Waals surface area contributed by atoms with Crippen LogP contribution in [0.25, 0.3) is 0 Å². The minimum absolute atomic E-state index is 0.177. The van der Waals surface area contributed by atoms with Crippen LogP contribution in [0, 0.1) is 5.92 Å². The van der Waals surface area contributed by atoms with Gasteiger partial charge in [-0.1, -0.05) is 37.1 Å². The average molecular weight is 252 g/mol. The molecule has 1 aromatic rings. The van der Waals surface area contributed by atoms with E-state index in [-0.39, 0.29) is 5.41 Å². The quantitative estimate of drug-likeness (QED) is 0.859. The van der Waals surface area contributed by atoms with Gasteiger partial charge < -0.3 is 5.73 Å². The van der Waals surface area contributed by atoms with E-state index in [1.807, 2.05) is 12.1 Å². The molecule has 0 aliphatic heterocycles. The van der Waals surface area contributed by atoms with Crippen molar-refractivity contribution >= 4 is 11.6 Å². The zero-order valence-electron chi connectivity index (χ0n) is 10.6. The van der Waals surface area contributed by atoms with Crippen molar-refractivity contribution in [1.29, 1.82) is 0 Å². The van der Waals surface area contributed by atoms with Gasteiger partial charge in [0.25, 0.3) is 0 Å². The molecule has 0 aromatic heterocycles. The second kappa shape index (κ2) is 5.41. The maximum atomic E-state index is 6.10. The Morgan fingerprint density at radius 3 is 2.59 bits per heavy atom. The maximum Gasteiger partial charge on any atom is 0.0408 e. The van der Waals surface area contributed by atoms with Crippen LogP contribution in [-0.2, 0) is 5.41 Å². The zero-order valence-corrected chi connectivity index (χ0v) is 11.3. The summed E-state index contributed by atoms with van der Waals surface area (Å²) in [5.41, 5.74) is 7.58. The summed E-state index contributed by atoms with van der Waals surface area (Å²) in [5.74, 6) is 0.897. The molecule has 2 N–H and O–H groups in total. The highest BCUT2D eigenvalue weighted by Crippen LogP contribution is 2.42. The molecule has 0 heterocycles. The van der Waals surface area contributed by atoms with Gasteiger partial charge in [0.2, 0.25) is 0 Å². The SMILES string of the molecule is CCC1CCC(CN)(c2cccc(Cl)c2)CC1. The van der Waals surface area contributed by atoms with Crippen molar-refractivity contribution in [2.24, 2.45) is 11.7 Å². The standard InChI is InChI=1S/C15H22ClN/c1-2-12-6-8-15(11-17,9-7-12)13-4-3-5-14(16)10-13/h3-5,10,12H,2,6-9,11,17H2,1H3. The summed E-state index contributed by atoms with van der Waals surface area (Å²) in [6.07, 6.45) is 6.33. The lowest BCUT2D eigenvalue weighted by molar-refractivity contribution is 0.231. The molecule has 0 radical (unpaired) electrons. The van der Waals surface area contributed by atoms with E-state index >= 15 is 0 Å². The van der Waals surface area contributed by atoms with Crippen LogP contribution < -0.4 is 5.73 Å². The molecular formula is C15H22ClN. The highest BCUT2D eigenvalue weighted by molar-refractivity contribution is 6.30. The van der Waals surface area contributed by atoms with Crippen molar-refractivity contribution in [3.8, 4) is 0 Å². The fraction of sp³-hybridized carbons (Fsp3) is 0.600. The van der Waals surface area contributed by atoms with Crippen molar-refractivity contribution in [2.75, 3.05) is 6.54 Å². The topological polar surface area (TPSA) is 26.0 Å². The number of hydrogen-bond acceptors (Lipinski definition) is 1. The van der Waals surface area contributed by atoms with E-state index in [4.69, 9.17) is 17.3 Å². The lowest BCUT2D eigenvalue weighted by Crippen LogP contribution is -2.38. The first-order valence-corrected chi connectivity index (χ1v) is 7.04. The van der Waals surface area contributed by atoms with E-state index < -0.39 is 0 Å². The fourth-order valence-corrected chi connectivity index (χ4v) is 3.26. The van der Waals surface area contributed by atoms with Gasteiger partial charge in [0.15, 0.2) is 0 Å². The Hall–Kier alpha value is -0.530. The van der Waals surface area contributed by atoms with Crippen LogP contribution in [0.3, 0.4) is 0 Å². The van der Waals surface area contributed by atoms with Gasteiger partial charge in [-0.15, -0.1) is 0 Å². The largest absolute Gasteiger partial charge is 0.330 e. The number of nitrogens with two attached hydrogens (primary N) is 1. The zero-order chi connectivity index (χ0) is 12.3. The predicted molar refractivity (Wildman–Crippen MR) is 74.4 cm³/mol. The summed E-state index contributed by atoms with van der Waals surface area (Å²) in [7, 11) is 0. The van der Waals surface area contributed by atoms with Gasteiger partial charge in [-0.2, -0.15) is 0 Å². The number of benzene rings is 1. The summed E-state index contributed by atoms with van der Waals surface area (Å²) in [6, 6.07) is 8.26. The second-order valence-corrected chi connectivity index (χ2v) is 5.78. The third kappa shape index (κ3) is 2.66. The Bertz CT molecular complexity index is 367. The van der Waals surface area contributed by atoms with E-state index in [1.165, 1.54) is 37.7 Å². The Morgan fingerprint density at radius 2 is 2.06 bits per heavy atom. The molecule has 1 aliphatic rings. The Morgan fingerprint density at radius 1 is 1.35 bits per heavy atom. The first kappa shape index (κ1) is 12.9. The Kier molecular flexibility index (Phi) is 4.11. The van der Waals surface area contributed by atoms with Gasteiger partial charge in [-0.25, -0.2) is 0 Å². The van der Waals surface area contributed by atoms with E-state index in [2.05, 4.69) is 19.1 Å². The Labute approximate surface area is 109 Å². The van der Waals surface area contributed by atoms with Gasteiger partial charge in [0.05, 0.1) is 0 Å². The highest BCUT2D eigenvalue weighted by Gasteiger charge is 2.35. The molecule has 0 amide bonds. The van der Waals surface area contributed by atoms with Crippen LogP contribution >= 0.6 is 11.6 Å². The van der Waals surface area contributed by atoms with E-state index in [0.29, 0.717) is 0 Å². The molecule has 1 nitrogen and oxygen atoms in total. The van der Waals surface area contributed by atoms with Crippen molar-refractivity contribution < 1.29 is 0 Å². The molecule has 0 unspecified atom stereocenters. The highest BCUT2D eigenvalue weighted by atomic mass is 35.5. The predicted octanol–water partition coefficient (Wildman–Crippen LogP) is 4.14. The molecule has 17 heavy (non-hydrogen) atoms. The minimum Gasteiger partial charge on any atom is -0.330 e. The van der Waals surface area contributed by atoms with Crippen LogP contribution in [0.15, 0.2) is 24.3 Å². The monoisotopic (exact) mass is 251 g/mol. The molecule has 1 fully saturated rings. The normalized spacial score (nSPS) is 29.2. The summed E-state index contributed by atoms with van der Waals surface area (Å²) in [5, 5.41) is 0.827. The number of hydrogen-bond donors (Lipinski definition) is 1. The van der Waals surface area contributed by atoms with Gasteiger partial charge in [-0.3, -0.25) is 0 Å². The summed E-state index contributed by atoms with van der Waals surface area (Å²) in [6.45, 7) is 3.03. The third-order valence-electron chi connectivity index (χ3n) is 4.47. The summed E-state index contributed by atoms with van der Waals surface area (Å²) >= 11 is 6.10. The van der Waals surface area contributed by atoms with E-state index in [9.17, 15) is 0 Å². The lowest BCUT2D eigenvalue weighted by Gasteiger charge is -2.40.